The van der Waals surface area contributed by atoms with E-state index in [9.17, 15) is 10.1 Å². The molecule has 0 unspecified atom stereocenters. The molecule has 6 heteroatoms. The van der Waals surface area contributed by atoms with Crippen LogP contribution in [-0.4, -0.2) is 14.5 Å². The summed E-state index contributed by atoms with van der Waals surface area (Å²) in [4.78, 5) is 14.2. The van der Waals surface area contributed by atoms with Crippen LogP contribution in [0.5, 0.6) is 0 Å². The standard InChI is InChI=1S/C9H7N3O2S/c13-12(14)8-4-2-1-3-7(8)11-6-5-10-9(11)15/h1-6H,(H,10,15). The molecule has 0 saturated carbocycles. The fourth-order valence-electron chi connectivity index (χ4n) is 1.31. The van der Waals surface area contributed by atoms with E-state index in [4.69, 9.17) is 0 Å². The first-order valence-corrected chi connectivity index (χ1v) is 4.61. The average Bonchev–Trinajstić information content (AvgIpc) is 2.64. The minimum absolute atomic E-state index is 0.0331. The van der Waals surface area contributed by atoms with Crippen LogP contribution in [0.2, 0.25) is 0 Å². The van der Waals surface area contributed by atoms with Crippen molar-refractivity contribution in [1.82, 2.24) is 9.55 Å². The Labute approximate surface area is 90.9 Å². The molecular formula is C9H7N3O2S. The maximum Gasteiger partial charge on any atom is 0.293 e. The SMILES string of the molecule is O=[N+]([O-])c1ccccc1-n1ccnc1S. The van der Waals surface area contributed by atoms with Gasteiger partial charge < -0.3 is 0 Å². The van der Waals surface area contributed by atoms with Crippen molar-refractivity contribution < 1.29 is 4.92 Å². The molecule has 1 aromatic carbocycles. The molecule has 0 saturated heterocycles. The van der Waals surface area contributed by atoms with E-state index in [1.54, 1.807) is 35.2 Å². The smallest absolute Gasteiger partial charge is 0.289 e. The zero-order chi connectivity index (χ0) is 10.8. The largest absolute Gasteiger partial charge is 0.293 e. The summed E-state index contributed by atoms with van der Waals surface area (Å²) in [6, 6.07) is 6.45. The Balaban J connectivity index is 2.63. The molecule has 76 valence electrons. The summed E-state index contributed by atoms with van der Waals surface area (Å²) >= 11 is 4.11. The van der Waals surface area contributed by atoms with Gasteiger partial charge >= 0.3 is 0 Å². The number of nitro groups is 1. The Morgan fingerprint density at radius 1 is 1.40 bits per heavy atom. The molecule has 0 aliphatic heterocycles. The third kappa shape index (κ3) is 1.71. The van der Waals surface area contributed by atoms with E-state index in [0.717, 1.165) is 0 Å². The van der Waals surface area contributed by atoms with Crippen molar-refractivity contribution in [3.8, 4) is 5.69 Å². The van der Waals surface area contributed by atoms with Gasteiger partial charge in [0.15, 0.2) is 5.16 Å². The minimum Gasteiger partial charge on any atom is -0.289 e. The van der Waals surface area contributed by atoms with E-state index < -0.39 is 4.92 Å². The van der Waals surface area contributed by atoms with Crippen molar-refractivity contribution in [2.75, 3.05) is 0 Å². The van der Waals surface area contributed by atoms with Gasteiger partial charge in [0, 0.05) is 18.5 Å². The van der Waals surface area contributed by atoms with Gasteiger partial charge in [-0.2, -0.15) is 0 Å². The van der Waals surface area contributed by atoms with Crippen LogP contribution in [-0.2, 0) is 0 Å². The number of nitrogens with zero attached hydrogens (tertiary/aromatic N) is 3. The Kier molecular flexibility index (Phi) is 2.42. The summed E-state index contributed by atoms with van der Waals surface area (Å²) in [6.07, 6.45) is 3.17. The fraction of sp³-hybridized carbons (Fsp3) is 0. The highest BCUT2D eigenvalue weighted by molar-refractivity contribution is 7.80. The fourth-order valence-corrected chi connectivity index (χ4v) is 1.55. The summed E-state index contributed by atoms with van der Waals surface area (Å²) in [7, 11) is 0. The highest BCUT2D eigenvalue weighted by Gasteiger charge is 2.14. The van der Waals surface area contributed by atoms with Crippen LogP contribution >= 0.6 is 12.6 Å². The third-order valence-corrected chi connectivity index (χ3v) is 2.29. The first-order valence-electron chi connectivity index (χ1n) is 4.16. The summed E-state index contributed by atoms with van der Waals surface area (Å²) < 4.78 is 1.56. The lowest BCUT2D eigenvalue weighted by atomic mass is 10.2. The lowest BCUT2D eigenvalue weighted by Gasteiger charge is -2.04. The molecule has 0 aliphatic carbocycles. The van der Waals surface area contributed by atoms with E-state index in [1.807, 2.05) is 0 Å². The van der Waals surface area contributed by atoms with Gasteiger partial charge in [0.25, 0.3) is 5.69 Å². The van der Waals surface area contributed by atoms with Gasteiger partial charge in [0.1, 0.15) is 5.69 Å². The molecule has 0 radical (unpaired) electrons. The van der Waals surface area contributed by atoms with E-state index in [-0.39, 0.29) is 5.69 Å². The number of hydrogen-bond acceptors (Lipinski definition) is 4. The second kappa shape index (κ2) is 3.74. The molecule has 0 amide bonds. The number of benzene rings is 1. The number of para-hydroxylation sites is 2. The molecule has 0 aliphatic rings. The molecule has 2 aromatic rings. The highest BCUT2D eigenvalue weighted by Crippen LogP contribution is 2.23. The van der Waals surface area contributed by atoms with Gasteiger partial charge in [-0.15, -0.1) is 12.6 Å². The van der Waals surface area contributed by atoms with Crippen molar-refractivity contribution in [2.45, 2.75) is 5.16 Å². The van der Waals surface area contributed by atoms with Crippen LogP contribution in [0.1, 0.15) is 0 Å². The second-order valence-corrected chi connectivity index (χ2v) is 3.24. The maximum atomic E-state index is 10.8. The summed E-state index contributed by atoms with van der Waals surface area (Å²) in [6.45, 7) is 0. The van der Waals surface area contributed by atoms with Gasteiger partial charge in [-0.05, 0) is 6.07 Å². The Hall–Kier alpha value is -1.82. The summed E-state index contributed by atoms with van der Waals surface area (Å²) in [5, 5.41) is 11.2. The van der Waals surface area contributed by atoms with Gasteiger partial charge in [0.05, 0.1) is 4.92 Å². The van der Waals surface area contributed by atoms with Crippen molar-refractivity contribution in [3.05, 3.63) is 46.8 Å². The van der Waals surface area contributed by atoms with Crippen molar-refractivity contribution >= 4 is 18.3 Å². The second-order valence-electron chi connectivity index (χ2n) is 2.84. The number of thiol groups is 1. The van der Waals surface area contributed by atoms with E-state index in [1.165, 1.54) is 6.07 Å². The van der Waals surface area contributed by atoms with E-state index in [0.29, 0.717) is 10.8 Å². The lowest BCUT2D eigenvalue weighted by Crippen LogP contribution is -1.99. The molecular weight excluding hydrogens is 214 g/mol. The van der Waals surface area contributed by atoms with Crippen LogP contribution < -0.4 is 0 Å². The Morgan fingerprint density at radius 3 is 2.73 bits per heavy atom. The van der Waals surface area contributed by atoms with Crippen molar-refractivity contribution in [1.29, 1.82) is 0 Å². The highest BCUT2D eigenvalue weighted by atomic mass is 32.1. The van der Waals surface area contributed by atoms with Crippen LogP contribution in [0.3, 0.4) is 0 Å². The summed E-state index contributed by atoms with van der Waals surface area (Å²) in [5.74, 6) is 0. The number of hydrogen-bond donors (Lipinski definition) is 1. The predicted octanol–water partition coefficient (Wildman–Crippen LogP) is 2.07. The first kappa shape index (κ1) is 9.72. The van der Waals surface area contributed by atoms with Crippen LogP contribution in [0, 0.1) is 10.1 Å². The van der Waals surface area contributed by atoms with Crippen LogP contribution in [0.4, 0.5) is 5.69 Å². The number of nitro benzene ring substituents is 1. The van der Waals surface area contributed by atoms with Gasteiger partial charge in [-0.25, -0.2) is 4.98 Å². The zero-order valence-electron chi connectivity index (χ0n) is 7.57. The molecule has 15 heavy (non-hydrogen) atoms. The van der Waals surface area contributed by atoms with E-state index >= 15 is 0 Å². The monoisotopic (exact) mass is 221 g/mol. The number of aromatic nitrogens is 2. The zero-order valence-corrected chi connectivity index (χ0v) is 8.46. The molecule has 2 rings (SSSR count). The summed E-state index contributed by atoms with van der Waals surface area (Å²) in [5.41, 5.74) is 0.496. The van der Waals surface area contributed by atoms with Gasteiger partial charge in [-0.1, -0.05) is 12.1 Å². The molecule has 1 aromatic heterocycles. The maximum absolute atomic E-state index is 10.8. The number of rotatable bonds is 2. The molecule has 0 spiro atoms. The normalized spacial score (nSPS) is 10.2. The first-order chi connectivity index (χ1) is 7.20. The average molecular weight is 221 g/mol. The van der Waals surface area contributed by atoms with E-state index in [2.05, 4.69) is 17.6 Å². The minimum atomic E-state index is -0.428. The molecule has 5 nitrogen and oxygen atoms in total. The predicted molar refractivity (Wildman–Crippen MR) is 57.5 cm³/mol. The molecule has 0 bridgehead atoms. The Bertz CT molecular complexity index is 510. The van der Waals surface area contributed by atoms with Gasteiger partial charge in [0.2, 0.25) is 0 Å². The number of imidazole rings is 1. The third-order valence-electron chi connectivity index (χ3n) is 1.96. The molecule has 0 atom stereocenters. The molecule has 1 heterocycles. The molecule has 0 fully saturated rings. The van der Waals surface area contributed by atoms with Crippen LogP contribution in [0.25, 0.3) is 5.69 Å². The molecule has 0 N–H and O–H groups in total. The van der Waals surface area contributed by atoms with Crippen molar-refractivity contribution in [3.63, 3.8) is 0 Å². The van der Waals surface area contributed by atoms with Crippen LogP contribution in [0.15, 0.2) is 41.8 Å². The Morgan fingerprint density at radius 2 is 2.13 bits per heavy atom. The van der Waals surface area contributed by atoms with Crippen molar-refractivity contribution in [2.24, 2.45) is 0 Å². The van der Waals surface area contributed by atoms with Gasteiger partial charge in [-0.3, -0.25) is 14.7 Å². The quantitative estimate of drug-likeness (QED) is 0.479. The lowest BCUT2D eigenvalue weighted by molar-refractivity contribution is -0.384. The topological polar surface area (TPSA) is 61.0 Å².